The lowest BCUT2D eigenvalue weighted by Gasteiger charge is -2.18. The number of sulfonamides is 1. The summed E-state index contributed by atoms with van der Waals surface area (Å²) in [7, 11) is -3.34. The number of ether oxygens (including phenoxy) is 1. The van der Waals surface area contributed by atoms with Crippen LogP contribution >= 0.6 is 0 Å². The second-order valence-corrected chi connectivity index (χ2v) is 8.18. The van der Waals surface area contributed by atoms with E-state index in [1.54, 1.807) is 31.2 Å². The Hall–Kier alpha value is -2.94. The van der Waals surface area contributed by atoms with Crippen molar-refractivity contribution in [1.82, 2.24) is 0 Å². The summed E-state index contributed by atoms with van der Waals surface area (Å²) in [6.07, 6.45) is 0.528. The van der Waals surface area contributed by atoms with Gasteiger partial charge >= 0.3 is 5.69 Å². The Balaban J connectivity index is 1.75. The van der Waals surface area contributed by atoms with Gasteiger partial charge in [-0.1, -0.05) is 12.1 Å². The van der Waals surface area contributed by atoms with Crippen LogP contribution in [0.5, 0.6) is 5.75 Å². The second kappa shape index (κ2) is 7.36. The van der Waals surface area contributed by atoms with E-state index in [2.05, 4.69) is 0 Å². The highest BCUT2D eigenvalue weighted by atomic mass is 32.2. The number of para-hydroxylation sites is 2. The number of nitro benzene ring substituents is 1. The van der Waals surface area contributed by atoms with Gasteiger partial charge in [-0.3, -0.25) is 19.2 Å². The minimum absolute atomic E-state index is 0.0107. The third kappa shape index (κ3) is 3.77. The molecule has 1 heterocycles. The number of ketones is 1. The van der Waals surface area contributed by atoms with Crippen LogP contribution in [0.15, 0.2) is 42.5 Å². The van der Waals surface area contributed by atoms with Crippen LogP contribution in [0.2, 0.25) is 0 Å². The quantitative estimate of drug-likeness (QED) is 0.409. The van der Waals surface area contributed by atoms with Gasteiger partial charge in [0.15, 0.2) is 18.1 Å². The SMILES string of the molecule is CCS(=O)(=O)N1CCc2cc(C(=O)COc3ccccc3[N+](=O)[O-])ccc21. The first-order valence-electron chi connectivity index (χ1n) is 8.36. The fourth-order valence-corrected chi connectivity index (χ4v) is 4.11. The topological polar surface area (TPSA) is 107 Å². The maximum Gasteiger partial charge on any atom is 0.310 e. The number of hydrogen-bond acceptors (Lipinski definition) is 6. The van der Waals surface area contributed by atoms with Crippen molar-refractivity contribution in [2.75, 3.05) is 23.2 Å². The Morgan fingerprint density at radius 1 is 1.26 bits per heavy atom. The van der Waals surface area contributed by atoms with Gasteiger partial charge in [-0.15, -0.1) is 0 Å². The van der Waals surface area contributed by atoms with Gasteiger partial charge in [-0.25, -0.2) is 8.42 Å². The van der Waals surface area contributed by atoms with Crippen LogP contribution in [-0.4, -0.2) is 38.0 Å². The van der Waals surface area contributed by atoms with Crippen molar-refractivity contribution in [2.24, 2.45) is 0 Å². The third-order valence-corrected chi connectivity index (χ3v) is 6.16. The van der Waals surface area contributed by atoms with Crippen molar-refractivity contribution in [2.45, 2.75) is 13.3 Å². The zero-order chi connectivity index (χ0) is 19.6. The van der Waals surface area contributed by atoms with Crippen LogP contribution in [0.25, 0.3) is 0 Å². The van der Waals surface area contributed by atoms with E-state index < -0.39 is 14.9 Å². The van der Waals surface area contributed by atoms with Crippen LogP contribution in [0.4, 0.5) is 11.4 Å². The zero-order valence-electron chi connectivity index (χ0n) is 14.6. The molecule has 142 valence electrons. The lowest BCUT2D eigenvalue weighted by molar-refractivity contribution is -0.385. The molecule has 2 aromatic rings. The molecular weight excluding hydrogens is 372 g/mol. The molecule has 0 atom stereocenters. The number of carbonyl (C=O) groups excluding carboxylic acids is 1. The molecule has 0 bridgehead atoms. The number of rotatable bonds is 7. The Morgan fingerprint density at radius 2 is 2.00 bits per heavy atom. The highest BCUT2D eigenvalue weighted by Gasteiger charge is 2.28. The summed E-state index contributed by atoms with van der Waals surface area (Å²) in [4.78, 5) is 22.8. The van der Waals surface area contributed by atoms with Crippen molar-refractivity contribution < 1.29 is 22.9 Å². The maximum atomic E-state index is 12.4. The van der Waals surface area contributed by atoms with Crippen LogP contribution in [-0.2, 0) is 16.4 Å². The number of Topliss-reactive ketones (excluding diaryl/α,β-unsaturated/α-hetero) is 1. The minimum Gasteiger partial charge on any atom is -0.478 e. The molecule has 0 N–H and O–H groups in total. The molecule has 9 heteroatoms. The Morgan fingerprint density at radius 3 is 2.70 bits per heavy atom. The fraction of sp³-hybridized carbons (Fsp3) is 0.278. The van der Waals surface area contributed by atoms with Crippen molar-refractivity contribution in [3.05, 3.63) is 63.7 Å². The highest BCUT2D eigenvalue weighted by Crippen LogP contribution is 2.31. The Bertz CT molecular complexity index is 1000. The van der Waals surface area contributed by atoms with E-state index in [9.17, 15) is 23.3 Å². The molecule has 0 aromatic heterocycles. The van der Waals surface area contributed by atoms with Gasteiger partial charge in [0, 0.05) is 18.2 Å². The summed E-state index contributed by atoms with van der Waals surface area (Å²) in [6, 6.07) is 10.7. The second-order valence-electron chi connectivity index (χ2n) is 6.00. The zero-order valence-corrected chi connectivity index (χ0v) is 15.4. The summed E-state index contributed by atoms with van der Waals surface area (Å²) in [6.45, 7) is 1.60. The monoisotopic (exact) mass is 390 g/mol. The Kier molecular flexibility index (Phi) is 5.13. The molecule has 0 amide bonds. The lowest BCUT2D eigenvalue weighted by Crippen LogP contribution is -2.30. The standard InChI is InChI=1S/C18H18N2O6S/c1-2-27(24,25)19-10-9-13-11-14(7-8-15(13)19)17(21)12-26-18-6-4-3-5-16(18)20(22)23/h3-8,11H,2,9-10,12H2,1H3. The van der Waals surface area contributed by atoms with Crippen LogP contribution < -0.4 is 9.04 Å². The predicted octanol–water partition coefficient (Wildman–Crippen LogP) is 2.57. The van der Waals surface area contributed by atoms with Gasteiger partial charge in [0.2, 0.25) is 10.0 Å². The number of anilines is 1. The number of nitro groups is 1. The number of nitrogens with zero attached hydrogens (tertiary/aromatic N) is 2. The van der Waals surface area contributed by atoms with E-state index in [-0.39, 0.29) is 29.6 Å². The molecule has 0 spiro atoms. The molecule has 3 rings (SSSR count). The first kappa shape index (κ1) is 18.8. The lowest BCUT2D eigenvalue weighted by atomic mass is 10.1. The molecule has 0 saturated carbocycles. The van der Waals surface area contributed by atoms with Gasteiger partial charge in [-0.05, 0) is 43.2 Å². The van der Waals surface area contributed by atoms with E-state index in [1.807, 2.05) is 0 Å². The molecule has 27 heavy (non-hydrogen) atoms. The van der Waals surface area contributed by atoms with Gasteiger partial charge < -0.3 is 4.74 Å². The van der Waals surface area contributed by atoms with Gasteiger partial charge in [0.1, 0.15) is 0 Å². The predicted molar refractivity (Wildman–Crippen MR) is 99.9 cm³/mol. The molecule has 8 nitrogen and oxygen atoms in total. The molecule has 1 aliphatic rings. The normalized spacial score (nSPS) is 13.3. The molecule has 0 saturated heterocycles. The van der Waals surface area contributed by atoms with Crippen LogP contribution in [0.3, 0.4) is 0 Å². The van der Waals surface area contributed by atoms with E-state index in [1.165, 1.54) is 22.5 Å². The van der Waals surface area contributed by atoms with Crippen LogP contribution in [0.1, 0.15) is 22.8 Å². The first-order chi connectivity index (χ1) is 12.8. The van der Waals surface area contributed by atoms with Gasteiger partial charge in [0.05, 0.1) is 16.4 Å². The summed E-state index contributed by atoms with van der Waals surface area (Å²) >= 11 is 0. The maximum absolute atomic E-state index is 12.4. The van der Waals surface area contributed by atoms with E-state index in [4.69, 9.17) is 4.74 Å². The average molecular weight is 390 g/mol. The fourth-order valence-electron chi connectivity index (χ4n) is 2.95. The summed E-state index contributed by atoms with van der Waals surface area (Å²) in [5.41, 5.74) is 1.54. The molecule has 0 unspecified atom stereocenters. The highest BCUT2D eigenvalue weighted by molar-refractivity contribution is 7.92. The number of hydrogen-bond donors (Lipinski definition) is 0. The largest absolute Gasteiger partial charge is 0.478 e. The van der Waals surface area contributed by atoms with E-state index in [0.717, 1.165) is 5.56 Å². The average Bonchev–Trinajstić information content (AvgIpc) is 3.10. The van der Waals surface area contributed by atoms with Crippen molar-refractivity contribution in [1.29, 1.82) is 0 Å². The van der Waals surface area contributed by atoms with Crippen molar-refractivity contribution in [3.8, 4) is 5.75 Å². The molecule has 2 aromatic carbocycles. The van der Waals surface area contributed by atoms with Gasteiger partial charge in [-0.2, -0.15) is 0 Å². The van der Waals surface area contributed by atoms with E-state index in [0.29, 0.717) is 24.2 Å². The smallest absolute Gasteiger partial charge is 0.310 e. The van der Waals surface area contributed by atoms with Crippen molar-refractivity contribution in [3.63, 3.8) is 0 Å². The van der Waals surface area contributed by atoms with Crippen LogP contribution in [0, 0.1) is 10.1 Å². The molecule has 0 fully saturated rings. The van der Waals surface area contributed by atoms with Crippen molar-refractivity contribution >= 4 is 27.2 Å². The molecule has 0 aliphatic carbocycles. The first-order valence-corrected chi connectivity index (χ1v) is 9.97. The molecule has 1 aliphatic heterocycles. The molecular formula is C18H18N2O6S. The summed E-state index contributed by atoms with van der Waals surface area (Å²) < 4.78 is 30.9. The van der Waals surface area contributed by atoms with E-state index >= 15 is 0 Å². The minimum atomic E-state index is -3.34. The number of benzene rings is 2. The third-order valence-electron chi connectivity index (χ3n) is 4.38. The Labute approximate surface area is 156 Å². The molecule has 0 radical (unpaired) electrons. The van der Waals surface area contributed by atoms with Gasteiger partial charge in [0.25, 0.3) is 0 Å². The summed E-state index contributed by atoms with van der Waals surface area (Å²) in [5.74, 6) is -0.304. The number of carbonyl (C=O) groups is 1. The summed E-state index contributed by atoms with van der Waals surface area (Å²) in [5, 5.41) is 11.0. The number of fused-ring (bicyclic) bond motifs is 1.